The van der Waals surface area contributed by atoms with E-state index in [1.165, 1.54) is 0 Å². The van der Waals surface area contributed by atoms with E-state index < -0.39 is 10.7 Å². The summed E-state index contributed by atoms with van der Waals surface area (Å²) in [5, 5.41) is 13.8. The number of rotatable bonds is 5. The lowest BCUT2D eigenvalue weighted by atomic mass is 10.1. The van der Waals surface area contributed by atoms with Crippen molar-refractivity contribution in [1.82, 2.24) is 0 Å². The Morgan fingerprint density at radius 3 is 2.82 bits per heavy atom. The van der Waals surface area contributed by atoms with E-state index in [2.05, 4.69) is 5.32 Å². The van der Waals surface area contributed by atoms with Crippen LogP contribution in [0.4, 0.5) is 15.8 Å². The van der Waals surface area contributed by atoms with Crippen LogP contribution in [0.1, 0.15) is 5.56 Å². The lowest BCUT2D eigenvalue weighted by Crippen LogP contribution is -2.07. The normalized spacial score (nSPS) is 12.2. The summed E-state index contributed by atoms with van der Waals surface area (Å²) in [5.74, 6) is 0.878. The van der Waals surface area contributed by atoms with E-state index in [1.807, 2.05) is 18.2 Å². The van der Waals surface area contributed by atoms with Gasteiger partial charge in [0.05, 0.1) is 4.92 Å². The van der Waals surface area contributed by atoms with Crippen molar-refractivity contribution in [3.63, 3.8) is 0 Å². The van der Waals surface area contributed by atoms with Crippen LogP contribution >= 0.6 is 0 Å². The third kappa shape index (κ3) is 2.93. The Labute approximate surface area is 125 Å². The van der Waals surface area contributed by atoms with Crippen molar-refractivity contribution in [2.24, 2.45) is 0 Å². The van der Waals surface area contributed by atoms with Crippen molar-refractivity contribution >= 4 is 11.4 Å². The lowest BCUT2D eigenvalue weighted by Gasteiger charge is -2.08. The van der Waals surface area contributed by atoms with Crippen LogP contribution in [0.15, 0.2) is 36.4 Å². The Morgan fingerprint density at radius 1 is 1.18 bits per heavy atom. The molecule has 22 heavy (non-hydrogen) atoms. The fourth-order valence-corrected chi connectivity index (χ4v) is 2.25. The molecule has 114 valence electrons. The van der Waals surface area contributed by atoms with Crippen LogP contribution in [0.3, 0.4) is 0 Å². The van der Waals surface area contributed by atoms with Crippen molar-refractivity contribution < 1.29 is 18.8 Å². The predicted molar refractivity (Wildman–Crippen MR) is 77.8 cm³/mol. The topological polar surface area (TPSA) is 73.6 Å². The minimum Gasteiger partial charge on any atom is -0.454 e. The average molecular weight is 304 g/mol. The van der Waals surface area contributed by atoms with Gasteiger partial charge in [-0.15, -0.1) is 0 Å². The molecule has 0 spiro atoms. The van der Waals surface area contributed by atoms with Gasteiger partial charge in [0.25, 0.3) is 5.69 Å². The van der Waals surface area contributed by atoms with E-state index in [4.69, 9.17) is 9.47 Å². The molecule has 1 heterocycles. The molecule has 0 aliphatic carbocycles. The van der Waals surface area contributed by atoms with Crippen LogP contribution in [-0.2, 0) is 6.42 Å². The van der Waals surface area contributed by atoms with Crippen LogP contribution < -0.4 is 14.8 Å². The average Bonchev–Trinajstić information content (AvgIpc) is 2.94. The molecule has 1 N–H and O–H groups in total. The van der Waals surface area contributed by atoms with Crippen molar-refractivity contribution in [1.29, 1.82) is 0 Å². The van der Waals surface area contributed by atoms with Gasteiger partial charge in [0.1, 0.15) is 11.5 Å². The summed E-state index contributed by atoms with van der Waals surface area (Å²) in [6.45, 7) is 0.649. The number of nitrogens with one attached hydrogen (secondary N) is 1. The van der Waals surface area contributed by atoms with E-state index in [1.54, 1.807) is 0 Å². The second-order valence-corrected chi connectivity index (χ2v) is 4.78. The molecule has 0 bridgehead atoms. The molecule has 3 rings (SSSR count). The number of benzene rings is 2. The van der Waals surface area contributed by atoms with Gasteiger partial charge in [-0.1, -0.05) is 6.07 Å². The van der Waals surface area contributed by atoms with Crippen LogP contribution in [0, 0.1) is 15.9 Å². The first-order chi connectivity index (χ1) is 10.6. The third-order valence-corrected chi connectivity index (χ3v) is 3.32. The molecule has 7 heteroatoms. The summed E-state index contributed by atoms with van der Waals surface area (Å²) < 4.78 is 23.7. The number of ether oxygens (including phenoxy) is 2. The highest BCUT2D eigenvalue weighted by Gasteiger charge is 2.15. The van der Waals surface area contributed by atoms with Gasteiger partial charge < -0.3 is 14.8 Å². The third-order valence-electron chi connectivity index (χ3n) is 3.32. The van der Waals surface area contributed by atoms with E-state index in [-0.39, 0.29) is 18.2 Å². The molecule has 2 aromatic carbocycles. The SMILES string of the molecule is O=[N+]([O-])c1ccc(F)cc1NCCc1ccc2c(c1)OCO2. The van der Waals surface area contributed by atoms with E-state index in [0.717, 1.165) is 23.8 Å². The number of nitro groups is 1. The first-order valence-corrected chi connectivity index (χ1v) is 6.70. The minimum absolute atomic E-state index is 0.146. The number of nitrogens with zero attached hydrogens (tertiary/aromatic N) is 1. The van der Waals surface area contributed by atoms with Gasteiger partial charge in [0, 0.05) is 18.7 Å². The monoisotopic (exact) mass is 304 g/mol. The van der Waals surface area contributed by atoms with Gasteiger partial charge in [0.15, 0.2) is 11.5 Å². The zero-order valence-electron chi connectivity index (χ0n) is 11.5. The van der Waals surface area contributed by atoms with E-state index >= 15 is 0 Å². The molecular weight excluding hydrogens is 291 g/mol. The summed E-state index contributed by atoms with van der Waals surface area (Å²) >= 11 is 0. The van der Waals surface area contributed by atoms with Crippen LogP contribution in [0.2, 0.25) is 0 Å². The highest BCUT2D eigenvalue weighted by Crippen LogP contribution is 2.32. The molecular formula is C15H13FN2O4. The molecule has 0 aromatic heterocycles. The molecule has 0 fully saturated rings. The number of hydrogen-bond acceptors (Lipinski definition) is 5. The highest BCUT2D eigenvalue weighted by molar-refractivity contribution is 5.61. The van der Waals surface area contributed by atoms with Crippen molar-refractivity contribution in [2.45, 2.75) is 6.42 Å². The molecule has 0 radical (unpaired) electrons. The molecule has 6 nitrogen and oxygen atoms in total. The van der Waals surface area contributed by atoms with Gasteiger partial charge in [0.2, 0.25) is 6.79 Å². The summed E-state index contributed by atoms with van der Waals surface area (Å²) in [4.78, 5) is 10.4. The quantitative estimate of drug-likeness (QED) is 0.678. The largest absolute Gasteiger partial charge is 0.454 e. The summed E-state index contributed by atoms with van der Waals surface area (Å²) in [6, 6.07) is 8.93. The highest BCUT2D eigenvalue weighted by atomic mass is 19.1. The molecule has 1 aliphatic heterocycles. The zero-order valence-corrected chi connectivity index (χ0v) is 11.5. The van der Waals surface area contributed by atoms with Crippen molar-refractivity contribution in [2.75, 3.05) is 18.7 Å². The number of nitro benzene ring substituents is 1. The van der Waals surface area contributed by atoms with Crippen LogP contribution in [-0.4, -0.2) is 18.3 Å². The second kappa shape index (κ2) is 5.88. The molecule has 1 aliphatic rings. The number of anilines is 1. The maximum absolute atomic E-state index is 13.2. The predicted octanol–water partition coefficient (Wildman–Crippen LogP) is 3.12. The van der Waals surface area contributed by atoms with Gasteiger partial charge in [-0.3, -0.25) is 10.1 Å². The Morgan fingerprint density at radius 2 is 2.00 bits per heavy atom. The zero-order chi connectivity index (χ0) is 15.5. The lowest BCUT2D eigenvalue weighted by molar-refractivity contribution is -0.384. The van der Waals surface area contributed by atoms with Crippen LogP contribution in [0.5, 0.6) is 11.5 Å². The Bertz CT molecular complexity index is 721. The fourth-order valence-electron chi connectivity index (χ4n) is 2.25. The minimum atomic E-state index is -0.539. The Kier molecular flexibility index (Phi) is 3.78. The number of halogens is 1. The molecule has 0 unspecified atom stereocenters. The maximum Gasteiger partial charge on any atom is 0.292 e. The van der Waals surface area contributed by atoms with Crippen molar-refractivity contribution in [3.05, 3.63) is 57.9 Å². The molecule has 0 saturated heterocycles. The fraction of sp³-hybridized carbons (Fsp3) is 0.200. The second-order valence-electron chi connectivity index (χ2n) is 4.78. The van der Waals surface area contributed by atoms with Crippen molar-refractivity contribution in [3.8, 4) is 11.5 Å². The summed E-state index contributed by atoms with van der Waals surface area (Å²) in [5.41, 5.74) is 1.02. The number of fused-ring (bicyclic) bond motifs is 1. The van der Waals surface area contributed by atoms with Gasteiger partial charge in [-0.25, -0.2) is 4.39 Å². The van der Waals surface area contributed by atoms with Gasteiger partial charge >= 0.3 is 0 Å². The maximum atomic E-state index is 13.2. The van der Waals surface area contributed by atoms with Crippen LogP contribution in [0.25, 0.3) is 0 Å². The Hall–Kier alpha value is -2.83. The summed E-state index contributed by atoms with van der Waals surface area (Å²) in [7, 11) is 0. The standard InChI is InChI=1S/C15H13FN2O4/c16-11-2-3-13(18(19)20)12(8-11)17-6-5-10-1-4-14-15(7-10)22-9-21-14/h1-4,7-8,17H,5-6,9H2. The smallest absolute Gasteiger partial charge is 0.292 e. The first-order valence-electron chi connectivity index (χ1n) is 6.70. The first kappa shape index (κ1) is 14.1. The molecule has 2 aromatic rings. The molecule has 0 atom stereocenters. The Balaban J connectivity index is 1.66. The molecule has 0 saturated carbocycles. The summed E-state index contributed by atoms with van der Waals surface area (Å²) in [6.07, 6.45) is 0.615. The van der Waals surface area contributed by atoms with Gasteiger partial charge in [-0.2, -0.15) is 0 Å². The van der Waals surface area contributed by atoms with E-state index in [9.17, 15) is 14.5 Å². The van der Waals surface area contributed by atoms with E-state index in [0.29, 0.717) is 24.5 Å². The number of hydrogen-bond donors (Lipinski definition) is 1. The molecule has 0 amide bonds. The van der Waals surface area contributed by atoms with Gasteiger partial charge in [-0.05, 0) is 30.2 Å².